The van der Waals surface area contributed by atoms with Gasteiger partial charge in [-0.25, -0.2) is 4.98 Å². The van der Waals surface area contributed by atoms with Gasteiger partial charge in [-0.15, -0.1) is 0 Å². The van der Waals surface area contributed by atoms with Crippen LogP contribution in [0, 0.1) is 0 Å². The number of pyridine rings is 1. The van der Waals surface area contributed by atoms with Crippen LogP contribution in [0.25, 0.3) is 0 Å². The fourth-order valence-electron chi connectivity index (χ4n) is 1.39. The number of nitrogens with one attached hydrogen (secondary N) is 2. The number of aromatic nitrogens is 1. The zero-order valence-electron chi connectivity index (χ0n) is 10.9. The first-order valence-electron chi connectivity index (χ1n) is 6.21. The van der Waals surface area contributed by atoms with E-state index in [1.54, 1.807) is 17.8 Å². The number of nitrogens with zero attached hydrogens (tertiary/aromatic N) is 1. The lowest BCUT2D eigenvalue weighted by Gasteiger charge is -2.11. The molecule has 0 aromatic carbocycles. The molecular formula is C12H19Cl2N3OS. The molecule has 0 saturated heterocycles. The Labute approximate surface area is 128 Å². The van der Waals surface area contributed by atoms with Crippen LogP contribution in [0.15, 0.2) is 6.07 Å². The maximum atomic E-state index is 8.67. The molecule has 0 amide bonds. The molecule has 0 fully saturated rings. The summed E-state index contributed by atoms with van der Waals surface area (Å²) in [5, 5.41) is 16.0. The Morgan fingerprint density at radius 1 is 1.21 bits per heavy atom. The summed E-state index contributed by atoms with van der Waals surface area (Å²) in [6, 6.07) is 1.69. The predicted molar refractivity (Wildman–Crippen MR) is 85.9 cm³/mol. The molecular weight excluding hydrogens is 305 g/mol. The third-order valence-corrected chi connectivity index (χ3v) is 3.91. The van der Waals surface area contributed by atoms with Gasteiger partial charge in [0.1, 0.15) is 11.6 Å². The molecule has 0 aliphatic rings. The van der Waals surface area contributed by atoms with Crippen molar-refractivity contribution in [2.45, 2.75) is 13.3 Å². The summed E-state index contributed by atoms with van der Waals surface area (Å²) in [6.07, 6.45) is 0.829. The standard InChI is InChI=1S/C12H19Cl2N3OS/c1-2-15-11-9(13)8-10(14)12(17-11)16-4-7-19-6-3-5-18/h8,18H,2-7H2,1H3,(H2,15,16,17). The summed E-state index contributed by atoms with van der Waals surface area (Å²) in [7, 11) is 0. The van der Waals surface area contributed by atoms with E-state index in [1.165, 1.54) is 0 Å². The van der Waals surface area contributed by atoms with Crippen molar-refractivity contribution >= 4 is 46.6 Å². The first-order chi connectivity index (χ1) is 9.19. The predicted octanol–water partition coefficient (Wildman–Crippen LogP) is 3.35. The number of aliphatic hydroxyl groups is 1. The summed E-state index contributed by atoms with van der Waals surface area (Å²) in [5.74, 6) is 3.19. The lowest BCUT2D eigenvalue weighted by atomic mass is 10.4. The highest BCUT2D eigenvalue weighted by Gasteiger charge is 2.08. The second kappa shape index (κ2) is 9.53. The molecule has 0 atom stereocenters. The van der Waals surface area contributed by atoms with Gasteiger partial charge in [-0.1, -0.05) is 23.2 Å². The molecule has 3 N–H and O–H groups in total. The third-order valence-electron chi connectivity index (χ3n) is 2.26. The van der Waals surface area contributed by atoms with E-state index < -0.39 is 0 Å². The molecule has 1 rings (SSSR count). The summed E-state index contributed by atoms with van der Waals surface area (Å²) < 4.78 is 0. The summed E-state index contributed by atoms with van der Waals surface area (Å²) >= 11 is 13.9. The normalized spacial score (nSPS) is 10.5. The van der Waals surface area contributed by atoms with Crippen molar-refractivity contribution in [1.82, 2.24) is 4.98 Å². The number of halogens is 2. The van der Waals surface area contributed by atoms with Gasteiger partial charge in [-0.05, 0) is 25.2 Å². The van der Waals surface area contributed by atoms with Crippen LogP contribution in [0.2, 0.25) is 10.0 Å². The van der Waals surface area contributed by atoms with Crippen LogP contribution >= 0.6 is 35.0 Å². The van der Waals surface area contributed by atoms with Gasteiger partial charge < -0.3 is 15.7 Å². The highest BCUT2D eigenvalue weighted by atomic mass is 35.5. The van der Waals surface area contributed by atoms with Gasteiger partial charge in [0.05, 0.1) is 10.0 Å². The first kappa shape index (κ1) is 16.7. The van der Waals surface area contributed by atoms with E-state index >= 15 is 0 Å². The second-order valence-corrected chi connectivity index (χ2v) is 5.84. The van der Waals surface area contributed by atoms with Crippen molar-refractivity contribution in [3.05, 3.63) is 16.1 Å². The molecule has 1 aromatic rings. The Balaban J connectivity index is 2.46. The summed E-state index contributed by atoms with van der Waals surface area (Å²) in [5.41, 5.74) is 0. The number of hydrogen-bond donors (Lipinski definition) is 3. The average molecular weight is 324 g/mol. The lowest BCUT2D eigenvalue weighted by molar-refractivity contribution is 0.296. The third kappa shape index (κ3) is 6.08. The Morgan fingerprint density at radius 2 is 1.89 bits per heavy atom. The van der Waals surface area contributed by atoms with Crippen molar-refractivity contribution in [3.8, 4) is 0 Å². The minimum absolute atomic E-state index is 0.247. The van der Waals surface area contributed by atoms with E-state index in [1.807, 2.05) is 6.92 Å². The monoisotopic (exact) mass is 323 g/mol. The number of hydrogen-bond acceptors (Lipinski definition) is 5. The van der Waals surface area contributed by atoms with Gasteiger partial charge in [0, 0.05) is 25.4 Å². The van der Waals surface area contributed by atoms with Crippen LogP contribution in [0.3, 0.4) is 0 Å². The SMILES string of the molecule is CCNc1nc(NCCSCCCO)c(Cl)cc1Cl. The van der Waals surface area contributed by atoms with E-state index in [-0.39, 0.29) is 6.61 Å². The van der Waals surface area contributed by atoms with Crippen molar-refractivity contribution in [3.63, 3.8) is 0 Å². The van der Waals surface area contributed by atoms with Gasteiger partial charge in [-0.3, -0.25) is 0 Å². The molecule has 0 aliphatic heterocycles. The van der Waals surface area contributed by atoms with Crippen molar-refractivity contribution in [1.29, 1.82) is 0 Å². The highest BCUT2D eigenvalue weighted by molar-refractivity contribution is 7.99. The van der Waals surface area contributed by atoms with E-state index in [0.717, 1.165) is 31.0 Å². The number of aliphatic hydroxyl groups excluding tert-OH is 1. The fourth-order valence-corrected chi connectivity index (χ4v) is 2.67. The van der Waals surface area contributed by atoms with Crippen LogP contribution in [0.5, 0.6) is 0 Å². The maximum absolute atomic E-state index is 8.67. The minimum atomic E-state index is 0.247. The molecule has 1 heterocycles. The quantitative estimate of drug-likeness (QED) is 0.608. The van der Waals surface area contributed by atoms with E-state index in [2.05, 4.69) is 15.6 Å². The fraction of sp³-hybridized carbons (Fsp3) is 0.583. The van der Waals surface area contributed by atoms with Crippen molar-refractivity contribution < 1.29 is 5.11 Å². The van der Waals surface area contributed by atoms with Crippen LogP contribution in [-0.4, -0.2) is 41.3 Å². The molecule has 0 unspecified atom stereocenters. The van der Waals surface area contributed by atoms with E-state index in [4.69, 9.17) is 28.3 Å². The Kier molecular flexibility index (Phi) is 8.37. The zero-order chi connectivity index (χ0) is 14.1. The molecule has 4 nitrogen and oxygen atoms in total. The molecule has 1 aromatic heterocycles. The summed E-state index contributed by atoms with van der Waals surface area (Å²) in [4.78, 5) is 4.36. The summed E-state index contributed by atoms with van der Waals surface area (Å²) in [6.45, 7) is 3.76. The van der Waals surface area contributed by atoms with Gasteiger partial charge in [0.25, 0.3) is 0 Å². The van der Waals surface area contributed by atoms with Crippen LogP contribution in [0.1, 0.15) is 13.3 Å². The Morgan fingerprint density at radius 3 is 2.53 bits per heavy atom. The highest BCUT2D eigenvalue weighted by Crippen LogP contribution is 2.29. The van der Waals surface area contributed by atoms with E-state index in [0.29, 0.717) is 21.7 Å². The largest absolute Gasteiger partial charge is 0.396 e. The maximum Gasteiger partial charge on any atom is 0.147 e. The van der Waals surface area contributed by atoms with Crippen LogP contribution in [-0.2, 0) is 0 Å². The van der Waals surface area contributed by atoms with E-state index in [9.17, 15) is 0 Å². The van der Waals surface area contributed by atoms with Crippen LogP contribution in [0.4, 0.5) is 11.6 Å². The molecule has 0 saturated carbocycles. The average Bonchev–Trinajstić information content (AvgIpc) is 2.38. The zero-order valence-corrected chi connectivity index (χ0v) is 13.2. The molecule has 0 aliphatic carbocycles. The molecule has 7 heteroatoms. The Hall–Kier alpha value is -0.360. The van der Waals surface area contributed by atoms with Crippen molar-refractivity contribution in [2.75, 3.05) is 41.8 Å². The van der Waals surface area contributed by atoms with Gasteiger partial charge in [0.15, 0.2) is 0 Å². The van der Waals surface area contributed by atoms with Gasteiger partial charge in [-0.2, -0.15) is 11.8 Å². The second-order valence-electron chi connectivity index (χ2n) is 3.80. The molecule has 0 radical (unpaired) electrons. The molecule has 0 spiro atoms. The smallest absolute Gasteiger partial charge is 0.147 e. The number of thioether (sulfide) groups is 1. The van der Waals surface area contributed by atoms with Gasteiger partial charge in [0.2, 0.25) is 0 Å². The minimum Gasteiger partial charge on any atom is -0.396 e. The molecule has 108 valence electrons. The number of anilines is 2. The first-order valence-corrected chi connectivity index (χ1v) is 8.12. The van der Waals surface area contributed by atoms with Crippen LogP contribution < -0.4 is 10.6 Å². The van der Waals surface area contributed by atoms with Crippen molar-refractivity contribution in [2.24, 2.45) is 0 Å². The molecule has 19 heavy (non-hydrogen) atoms. The number of rotatable bonds is 9. The lowest BCUT2D eigenvalue weighted by Crippen LogP contribution is -2.09. The topological polar surface area (TPSA) is 57.2 Å². The van der Waals surface area contributed by atoms with Gasteiger partial charge >= 0.3 is 0 Å². The Bertz CT molecular complexity index is 393. The molecule has 0 bridgehead atoms.